The van der Waals surface area contributed by atoms with Crippen LogP contribution in [0, 0.1) is 24.7 Å². The maximum absolute atomic E-state index is 12.7. The van der Waals surface area contributed by atoms with Gasteiger partial charge in [-0.3, -0.25) is 4.79 Å². The molecule has 2 aliphatic rings. The Morgan fingerprint density at radius 2 is 1.96 bits per heavy atom. The van der Waals surface area contributed by atoms with Crippen molar-refractivity contribution in [3.8, 4) is 0 Å². The Bertz CT molecular complexity index is 839. The Balaban J connectivity index is 1.70. The summed E-state index contributed by atoms with van der Waals surface area (Å²) in [7, 11) is -3.67. The topological polar surface area (TPSA) is 83.8 Å². The average Bonchev–Trinajstić information content (AvgIpc) is 3.20. The van der Waals surface area contributed by atoms with Crippen LogP contribution in [0.2, 0.25) is 0 Å². The second-order valence-corrected chi connectivity index (χ2v) is 9.28. The van der Waals surface area contributed by atoms with E-state index in [0.29, 0.717) is 18.3 Å². The fourth-order valence-corrected chi connectivity index (χ4v) is 5.43. The second kappa shape index (κ2) is 8.38. The smallest absolute Gasteiger partial charge is 0.303 e. The number of carbonyl (C=O) groups is 1. The van der Waals surface area contributed by atoms with Crippen LogP contribution >= 0.6 is 0 Å². The van der Waals surface area contributed by atoms with Crippen LogP contribution in [-0.4, -0.2) is 25.2 Å². The molecule has 3 atom stereocenters. The molecule has 2 bridgehead atoms. The molecule has 1 aromatic carbocycles. The predicted molar refractivity (Wildman–Crippen MR) is 105 cm³/mol. The zero-order chi connectivity index (χ0) is 19.4. The number of carboxylic acids is 1. The first-order chi connectivity index (χ1) is 12.9. The minimum Gasteiger partial charge on any atom is -0.481 e. The van der Waals surface area contributed by atoms with E-state index in [1.54, 1.807) is 24.3 Å². The molecule has 2 fully saturated rings. The molecule has 146 valence electrons. The summed E-state index contributed by atoms with van der Waals surface area (Å²) in [6.07, 6.45) is 9.64. The van der Waals surface area contributed by atoms with Crippen molar-refractivity contribution < 1.29 is 18.3 Å². The first kappa shape index (κ1) is 19.8. The minimum absolute atomic E-state index is 0.181. The molecule has 3 unspecified atom stereocenters. The summed E-state index contributed by atoms with van der Waals surface area (Å²) < 4.78 is 29.8. The highest BCUT2D eigenvalue weighted by molar-refractivity contribution is 7.90. The Kier molecular flexibility index (Phi) is 6.15. The van der Waals surface area contributed by atoms with Gasteiger partial charge >= 0.3 is 5.97 Å². The van der Waals surface area contributed by atoms with Crippen molar-refractivity contribution >= 4 is 21.7 Å². The van der Waals surface area contributed by atoms with E-state index in [-0.39, 0.29) is 17.2 Å². The molecule has 1 N–H and O–H groups in total. The summed E-state index contributed by atoms with van der Waals surface area (Å²) in [6, 6.07) is 6.84. The lowest BCUT2D eigenvalue weighted by atomic mass is 9.84. The second-order valence-electron chi connectivity index (χ2n) is 7.67. The molecule has 0 radical (unpaired) electrons. The van der Waals surface area contributed by atoms with Crippen molar-refractivity contribution in [1.82, 2.24) is 0 Å². The molecule has 0 amide bonds. The first-order valence-electron chi connectivity index (χ1n) is 9.65. The quantitative estimate of drug-likeness (QED) is 0.528. The third-order valence-electron chi connectivity index (χ3n) is 5.70. The van der Waals surface area contributed by atoms with Gasteiger partial charge < -0.3 is 5.11 Å². The van der Waals surface area contributed by atoms with Crippen LogP contribution in [0.4, 0.5) is 0 Å². The van der Waals surface area contributed by atoms with Gasteiger partial charge in [0.1, 0.15) is 0 Å². The predicted octanol–water partition coefficient (Wildman–Crippen LogP) is 4.37. The van der Waals surface area contributed by atoms with Crippen molar-refractivity contribution in [3.05, 3.63) is 42.0 Å². The van der Waals surface area contributed by atoms with Crippen LogP contribution in [0.3, 0.4) is 0 Å². The fraction of sp³-hybridized carbons (Fsp3) is 0.524. The standard InChI is InChI=1S/C21H27NO4S/c1-15-8-12-18(13-9-15)27(25,26)22-21-17-11-10-16(14-17)19(21)6-4-2-3-5-7-20(23)24/h2,4,8-9,12-13,16-17,19H,3,5-7,10-11,14H2,1H3,(H,23,24)/b4-2-,22-21?. The van der Waals surface area contributed by atoms with Crippen molar-refractivity contribution in [3.63, 3.8) is 0 Å². The van der Waals surface area contributed by atoms with E-state index < -0.39 is 16.0 Å². The number of hydrogen-bond acceptors (Lipinski definition) is 3. The van der Waals surface area contributed by atoms with Gasteiger partial charge in [-0.1, -0.05) is 29.8 Å². The molecule has 3 rings (SSSR count). The minimum atomic E-state index is -3.67. The summed E-state index contributed by atoms with van der Waals surface area (Å²) in [5.41, 5.74) is 1.87. The number of hydrogen-bond donors (Lipinski definition) is 1. The number of sulfonamides is 1. The number of allylic oxidation sites excluding steroid dienone is 2. The monoisotopic (exact) mass is 389 g/mol. The number of carboxylic acid groups (broad SMARTS) is 1. The highest BCUT2D eigenvalue weighted by Gasteiger charge is 2.45. The van der Waals surface area contributed by atoms with E-state index in [9.17, 15) is 13.2 Å². The van der Waals surface area contributed by atoms with Crippen LogP contribution in [0.1, 0.15) is 50.5 Å². The number of unbranched alkanes of at least 4 members (excludes halogenated alkanes) is 1. The number of aliphatic carboxylic acids is 1. The highest BCUT2D eigenvalue weighted by Crippen LogP contribution is 2.48. The number of rotatable bonds is 8. The maximum atomic E-state index is 12.7. The molecule has 2 aliphatic carbocycles. The third-order valence-corrected chi connectivity index (χ3v) is 7.02. The Morgan fingerprint density at radius 1 is 1.22 bits per heavy atom. The van der Waals surface area contributed by atoms with Gasteiger partial charge in [-0.05, 0) is 69.4 Å². The molecular formula is C21H27NO4S. The van der Waals surface area contributed by atoms with Crippen LogP contribution in [0.5, 0.6) is 0 Å². The SMILES string of the molecule is Cc1ccc(S(=O)(=O)N=C2C3CCC(C3)C2C/C=C\CCCC(=O)O)cc1. The van der Waals surface area contributed by atoms with Gasteiger partial charge in [0.2, 0.25) is 0 Å². The highest BCUT2D eigenvalue weighted by atomic mass is 32.2. The molecule has 5 nitrogen and oxygen atoms in total. The molecule has 0 spiro atoms. The molecule has 6 heteroatoms. The molecule has 2 saturated carbocycles. The fourth-order valence-electron chi connectivity index (χ4n) is 4.28. The van der Waals surface area contributed by atoms with E-state index >= 15 is 0 Å². The lowest BCUT2D eigenvalue weighted by Gasteiger charge is -2.22. The van der Waals surface area contributed by atoms with Crippen LogP contribution < -0.4 is 0 Å². The van der Waals surface area contributed by atoms with Gasteiger partial charge in [0.15, 0.2) is 0 Å². The lowest BCUT2D eigenvalue weighted by Crippen LogP contribution is -2.23. The first-order valence-corrected chi connectivity index (χ1v) is 11.1. The van der Waals surface area contributed by atoms with Gasteiger partial charge in [-0.25, -0.2) is 0 Å². The van der Waals surface area contributed by atoms with E-state index in [1.807, 2.05) is 13.0 Å². The van der Waals surface area contributed by atoms with Gasteiger partial charge in [0, 0.05) is 18.1 Å². The van der Waals surface area contributed by atoms with Gasteiger partial charge in [0.05, 0.1) is 4.90 Å². The third kappa shape index (κ3) is 4.86. The van der Waals surface area contributed by atoms with Crippen LogP contribution in [0.15, 0.2) is 45.7 Å². The molecule has 0 saturated heterocycles. The van der Waals surface area contributed by atoms with Gasteiger partial charge in [-0.15, -0.1) is 0 Å². The number of benzene rings is 1. The van der Waals surface area contributed by atoms with Crippen LogP contribution in [0.25, 0.3) is 0 Å². The number of aryl methyl sites for hydroxylation is 1. The maximum Gasteiger partial charge on any atom is 0.303 e. The Labute approximate surface area is 161 Å². The van der Waals surface area contributed by atoms with Crippen LogP contribution in [-0.2, 0) is 14.8 Å². The lowest BCUT2D eigenvalue weighted by molar-refractivity contribution is -0.137. The molecule has 0 heterocycles. The Hall–Kier alpha value is -1.95. The zero-order valence-corrected chi connectivity index (χ0v) is 16.5. The van der Waals surface area contributed by atoms with Crippen molar-refractivity contribution in [1.29, 1.82) is 0 Å². The molecular weight excluding hydrogens is 362 g/mol. The number of nitrogens with zero attached hydrogens (tertiary/aromatic N) is 1. The molecule has 1 aromatic rings. The van der Waals surface area contributed by atoms with E-state index in [0.717, 1.165) is 43.4 Å². The summed E-state index contributed by atoms with van der Waals surface area (Å²) >= 11 is 0. The normalized spacial score (nSPS) is 26.3. The van der Waals surface area contributed by atoms with E-state index in [4.69, 9.17) is 5.11 Å². The molecule has 0 aliphatic heterocycles. The molecule has 0 aromatic heterocycles. The van der Waals surface area contributed by atoms with Gasteiger partial charge in [0.25, 0.3) is 10.0 Å². The molecule has 27 heavy (non-hydrogen) atoms. The summed E-state index contributed by atoms with van der Waals surface area (Å²) in [5, 5.41) is 8.67. The summed E-state index contributed by atoms with van der Waals surface area (Å²) in [5.74, 6) is 0.234. The van der Waals surface area contributed by atoms with Crippen molar-refractivity contribution in [2.24, 2.45) is 22.2 Å². The summed E-state index contributed by atoms with van der Waals surface area (Å²) in [4.78, 5) is 10.8. The zero-order valence-electron chi connectivity index (χ0n) is 15.7. The largest absolute Gasteiger partial charge is 0.481 e. The Morgan fingerprint density at radius 3 is 2.67 bits per heavy atom. The van der Waals surface area contributed by atoms with Crippen molar-refractivity contribution in [2.75, 3.05) is 0 Å². The number of fused-ring (bicyclic) bond motifs is 2. The van der Waals surface area contributed by atoms with E-state index in [2.05, 4.69) is 10.5 Å². The van der Waals surface area contributed by atoms with E-state index in [1.165, 1.54) is 0 Å². The summed E-state index contributed by atoms with van der Waals surface area (Å²) in [6.45, 7) is 1.93. The average molecular weight is 390 g/mol. The van der Waals surface area contributed by atoms with Crippen molar-refractivity contribution in [2.45, 2.75) is 56.8 Å². The van der Waals surface area contributed by atoms with Gasteiger partial charge in [-0.2, -0.15) is 12.8 Å².